The van der Waals surface area contributed by atoms with E-state index in [4.69, 9.17) is 9.84 Å². The Labute approximate surface area is 111 Å². The van der Waals surface area contributed by atoms with E-state index < -0.39 is 5.97 Å². The van der Waals surface area contributed by atoms with Crippen LogP contribution in [0.1, 0.15) is 21.5 Å². The summed E-state index contributed by atoms with van der Waals surface area (Å²) in [6.07, 6.45) is 4.17. The van der Waals surface area contributed by atoms with Gasteiger partial charge in [0.25, 0.3) is 0 Å². The second-order valence-electron chi connectivity index (χ2n) is 4.21. The molecule has 0 aliphatic rings. The summed E-state index contributed by atoms with van der Waals surface area (Å²) in [5, 5.41) is 9.12. The highest BCUT2D eigenvalue weighted by molar-refractivity contribution is 5.91. The molecular weight excluding hydrogens is 242 g/mol. The Balaban J connectivity index is 2.05. The summed E-state index contributed by atoms with van der Waals surface area (Å²) in [6.45, 7) is 2.28. The van der Waals surface area contributed by atoms with Crippen molar-refractivity contribution in [1.82, 2.24) is 4.98 Å². The zero-order chi connectivity index (χ0) is 13.7. The third-order valence-corrected chi connectivity index (χ3v) is 2.83. The van der Waals surface area contributed by atoms with E-state index in [-0.39, 0.29) is 5.56 Å². The number of benzene rings is 1. The highest BCUT2D eigenvalue weighted by atomic mass is 16.5. The van der Waals surface area contributed by atoms with E-state index in [0.29, 0.717) is 12.4 Å². The van der Waals surface area contributed by atoms with Crippen molar-refractivity contribution in [3.8, 4) is 5.75 Å². The van der Waals surface area contributed by atoms with Crippen LogP contribution < -0.4 is 4.74 Å². The van der Waals surface area contributed by atoms with Crippen LogP contribution in [-0.2, 0) is 6.42 Å². The topological polar surface area (TPSA) is 59.4 Å². The lowest BCUT2D eigenvalue weighted by molar-refractivity contribution is 0.0692. The minimum atomic E-state index is -0.970. The SMILES string of the molecule is Cc1cccc(C(=O)O)c1OCCc1ccncc1. The number of aryl methyl sites for hydroxylation is 1. The van der Waals surface area contributed by atoms with E-state index in [0.717, 1.165) is 17.5 Å². The van der Waals surface area contributed by atoms with Crippen LogP contribution in [0, 0.1) is 6.92 Å². The predicted molar refractivity (Wildman–Crippen MR) is 71.6 cm³/mol. The summed E-state index contributed by atoms with van der Waals surface area (Å²) in [4.78, 5) is 15.1. The molecule has 1 N–H and O–H groups in total. The lowest BCUT2D eigenvalue weighted by Crippen LogP contribution is -2.07. The van der Waals surface area contributed by atoms with Crippen molar-refractivity contribution < 1.29 is 14.6 Å². The van der Waals surface area contributed by atoms with Gasteiger partial charge in [-0.2, -0.15) is 0 Å². The molecule has 2 rings (SSSR count). The van der Waals surface area contributed by atoms with Crippen LogP contribution in [0.2, 0.25) is 0 Å². The monoisotopic (exact) mass is 257 g/mol. The first-order valence-corrected chi connectivity index (χ1v) is 6.03. The van der Waals surface area contributed by atoms with Crippen molar-refractivity contribution in [1.29, 1.82) is 0 Å². The number of carboxylic acids is 1. The van der Waals surface area contributed by atoms with Gasteiger partial charge in [0.2, 0.25) is 0 Å². The van der Waals surface area contributed by atoms with E-state index in [1.807, 2.05) is 25.1 Å². The smallest absolute Gasteiger partial charge is 0.339 e. The maximum atomic E-state index is 11.1. The van der Waals surface area contributed by atoms with Gasteiger partial charge in [0.15, 0.2) is 0 Å². The van der Waals surface area contributed by atoms with Crippen molar-refractivity contribution in [2.75, 3.05) is 6.61 Å². The largest absolute Gasteiger partial charge is 0.492 e. The molecule has 4 heteroatoms. The highest BCUT2D eigenvalue weighted by Gasteiger charge is 2.12. The van der Waals surface area contributed by atoms with Gasteiger partial charge in [0.05, 0.1) is 6.61 Å². The van der Waals surface area contributed by atoms with Crippen LogP contribution in [-0.4, -0.2) is 22.7 Å². The number of pyridine rings is 1. The molecule has 0 bridgehead atoms. The summed E-state index contributed by atoms with van der Waals surface area (Å²) in [5.41, 5.74) is 2.14. The predicted octanol–water partition coefficient (Wildman–Crippen LogP) is 2.71. The number of nitrogens with zero attached hydrogens (tertiary/aromatic N) is 1. The van der Waals surface area contributed by atoms with Crippen molar-refractivity contribution in [3.05, 3.63) is 59.4 Å². The fourth-order valence-electron chi connectivity index (χ4n) is 1.83. The van der Waals surface area contributed by atoms with Crippen LogP contribution in [0.15, 0.2) is 42.7 Å². The number of ether oxygens (including phenoxy) is 1. The Morgan fingerprint density at radius 1 is 1.26 bits per heavy atom. The molecule has 0 saturated heterocycles. The number of carboxylic acid groups (broad SMARTS) is 1. The molecule has 2 aromatic rings. The van der Waals surface area contributed by atoms with Crippen LogP contribution >= 0.6 is 0 Å². The number of hydrogen-bond acceptors (Lipinski definition) is 3. The normalized spacial score (nSPS) is 10.2. The first-order valence-electron chi connectivity index (χ1n) is 6.03. The van der Waals surface area contributed by atoms with Crippen molar-refractivity contribution in [3.63, 3.8) is 0 Å². The van der Waals surface area contributed by atoms with Crippen LogP contribution in [0.3, 0.4) is 0 Å². The number of aromatic nitrogens is 1. The summed E-state index contributed by atoms with van der Waals surface area (Å²) in [6, 6.07) is 8.94. The number of aromatic carboxylic acids is 1. The van der Waals surface area contributed by atoms with Gasteiger partial charge in [-0.3, -0.25) is 4.98 Å². The van der Waals surface area contributed by atoms with E-state index in [9.17, 15) is 4.79 Å². The minimum Gasteiger partial charge on any atom is -0.492 e. The standard InChI is InChI=1S/C15H15NO3/c1-11-3-2-4-13(15(17)18)14(11)19-10-7-12-5-8-16-9-6-12/h2-6,8-9H,7,10H2,1H3,(H,17,18). The van der Waals surface area contributed by atoms with Crippen LogP contribution in [0.25, 0.3) is 0 Å². The zero-order valence-electron chi connectivity index (χ0n) is 10.7. The summed E-state index contributed by atoms with van der Waals surface area (Å²) in [5.74, 6) is -0.522. The fraction of sp³-hybridized carbons (Fsp3) is 0.200. The van der Waals surface area contributed by atoms with E-state index in [1.54, 1.807) is 24.5 Å². The molecule has 0 saturated carbocycles. The average Bonchev–Trinajstić information content (AvgIpc) is 2.41. The van der Waals surface area contributed by atoms with Gasteiger partial charge in [-0.05, 0) is 36.2 Å². The zero-order valence-corrected chi connectivity index (χ0v) is 10.7. The molecule has 0 spiro atoms. The average molecular weight is 257 g/mol. The molecule has 0 amide bonds. The van der Waals surface area contributed by atoms with Gasteiger partial charge in [-0.15, -0.1) is 0 Å². The van der Waals surface area contributed by atoms with Gasteiger partial charge in [-0.1, -0.05) is 12.1 Å². The number of rotatable bonds is 5. The Kier molecular flexibility index (Phi) is 4.13. The third kappa shape index (κ3) is 3.31. The van der Waals surface area contributed by atoms with E-state index in [2.05, 4.69) is 4.98 Å². The second kappa shape index (κ2) is 6.00. The van der Waals surface area contributed by atoms with Crippen molar-refractivity contribution >= 4 is 5.97 Å². The molecule has 0 unspecified atom stereocenters. The molecule has 1 heterocycles. The molecule has 1 aromatic heterocycles. The Morgan fingerprint density at radius 2 is 2.00 bits per heavy atom. The molecular formula is C15H15NO3. The molecule has 0 radical (unpaired) electrons. The van der Waals surface area contributed by atoms with Crippen molar-refractivity contribution in [2.45, 2.75) is 13.3 Å². The number of para-hydroxylation sites is 1. The lowest BCUT2D eigenvalue weighted by Gasteiger charge is -2.11. The van der Waals surface area contributed by atoms with Crippen LogP contribution in [0.4, 0.5) is 0 Å². The minimum absolute atomic E-state index is 0.203. The van der Waals surface area contributed by atoms with Gasteiger partial charge in [0.1, 0.15) is 11.3 Å². The fourth-order valence-corrected chi connectivity index (χ4v) is 1.83. The van der Waals surface area contributed by atoms with Crippen molar-refractivity contribution in [2.24, 2.45) is 0 Å². The van der Waals surface area contributed by atoms with Crippen LogP contribution in [0.5, 0.6) is 5.75 Å². The Bertz CT molecular complexity index is 567. The van der Waals surface area contributed by atoms with Gasteiger partial charge < -0.3 is 9.84 Å². The summed E-state index contributed by atoms with van der Waals surface area (Å²) in [7, 11) is 0. The molecule has 4 nitrogen and oxygen atoms in total. The molecule has 98 valence electrons. The second-order valence-corrected chi connectivity index (χ2v) is 4.21. The molecule has 0 fully saturated rings. The maximum Gasteiger partial charge on any atom is 0.339 e. The highest BCUT2D eigenvalue weighted by Crippen LogP contribution is 2.23. The van der Waals surface area contributed by atoms with Gasteiger partial charge in [0, 0.05) is 18.8 Å². The molecule has 0 aliphatic heterocycles. The Hall–Kier alpha value is -2.36. The summed E-state index contributed by atoms with van der Waals surface area (Å²) >= 11 is 0. The van der Waals surface area contributed by atoms with E-state index >= 15 is 0 Å². The van der Waals surface area contributed by atoms with Gasteiger partial charge in [-0.25, -0.2) is 4.79 Å². The number of carbonyl (C=O) groups is 1. The van der Waals surface area contributed by atoms with E-state index in [1.165, 1.54) is 0 Å². The first kappa shape index (κ1) is 13.1. The lowest BCUT2D eigenvalue weighted by atomic mass is 10.1. The number of hydrogen-bond donors (Lipinski definition) is 1. The Morgan fingerprint density at radius 3 is 2.68 bits per heavy atom. The third-order valence-electron chi connectivity index (χ3n) is 2.83. The molecule has 1 aromatic carbocycles. The summed E-state index contributed by atoms with van der Waals surface area (Å²) < 4.78 is 5.63. The molecule has 19 heavy (non-hydrogen) atoms. The molecule has 0 aliphatic carbocycles. The molecule has 0 atom stereocenters. The maximum absolute atomic E-state index is 11.1. The first-order chi connectivity index (χ1) is 9.18. The van der Waals surface area contributed by atoms with Gasteiger partial charge >= 0.3 is 5.97 Å². The quantitative estimate of drug-likeness (QED) is 0.894.